The second-order valence-corrected chi connectivity index (χ2v) is 5.72. The van der Waals surface area contributed by atoms with E-state index >= 15 is 0 Å². The standard InChI is InChI=1S/C19H20N2/c1-15(2)14-21-19(17-11-7-4-8-12-17)13-18(20-21)16-9-5-3-6-10-16/h3-13,15H,14H2,1-2H3. The number of aromatic nitrogens is 2. The van der Waals surface area contributed by atoms with Gasteiger partial charge in [-0.3, -0.25) is 4.68 Å². The molecule has 1 heterocycles. The molecule has 0 aliphatic carbocycles. The molecule has 2 aromatic carbocycles. The van der Waals surface area contributed by atoms with Gasteiger partial charge in [0.15, 0.2) is 0 Å². The van der Waals surface area contributed by atoms with E-state index < -0.39 is 0 Å². The fourth-order valence-corrected chi connectivity index (χ4v) is 2.49. The second kappa shape index (κ2) is 5.96. The lowest BCUT2D eigenvalue weighted by molar-refractivity contribution is 0.488. The molecular weight excluding hydrogens is 256 g/mol. The van der Waals surface area contributed by atoms with E-state index in [1.54, 1.807) is 0 Å². The highest BCUT2D eigenvalue weighted by atomic mass is 15.3. The molecule has 0 atom stereocenters. The third kappa shape index (κ3) is 3.05. The molecule has 3 rings (SSSR count). The Labute approximate surface area is 126 Å². The number of hydrogen-bond donors (Lipinski definition) is 0. The van der Waals surface area contributed by atoms with E-state index in [-0.39, 0.29) is 0 Å². The predicted octanol–water partition coefficient (Wildman–Crippen LogP) is 4.87. The lowest BCUT2D eigenvalue weighted by atomic mass is 10.1. The van der Waals surface area contributed by atoms with E-state index in [0.717, 1.165) is 17.8 Å². The maximum atomic E-state index is 4.81. The van der Waals surface area contributed by atoms with Crippen molar-refractivity contribution < 1.29 is 0 Å². The molecule has 0 bridgehead atoms. The first-order valence-electron chi connectivity index (χ1n) is 7.43. The molecule has 0 amide bonds. The van der Waals surface area contributed by atoms with Gasteiger partial charge in [0.2, 0.25) is 0 Å². The van der Waals surface area contributed by atoms with Gasteiger partial charge in [0, 0.05) is 12.1 Å². The fourth-order valence-electron chi connectivity index (χ4n) is 2.49. The summed E-state index contributed by atoms with van der Waals surface area (Å²) in [4.78, 5) is 0. The van der Waals surface area contributed by atoms with Crippen LogP contribution in [0.25, 0.3) is 22.5 Å². The largest absolute Gasteiger partial charge is 0.264 e. The van der Waals surface area contributed by atoms with Crippen molar-refractivity contribution in [2.75, 3.05) is 0 Å². The summed E-state index contributed by atoms with van der Waals surface area (Å²) in [5.41, 5.74) is 4.60. The third-order valence-corrected chi connectivity index (χ3v) is 3.46. The minimum Gasteiger partial charge on any atom is -0.264 e. The summed E-state index contributed by atoms with van der Waals surface area (Å²) in [6.45, 7) is 5.37. The Bertz CT molecular complexity index is 697. The smallest absolute Gasteiger partial charge is 0.0929 e. The normalized spacial score (nSPS) is 11.0. The van der Waals surface area contributed by atoms with Gasteiger partial charge in [-0.15, -0.1) is 0 Å². The maximum Gasteiger partial charge on any atom is 0.0929 e. The van der Waals surface area contributed by atoms with E-state index in [0.29, 0.717) is 5.92 Å². The number of hydrogen-bond acceptors (Lipinski definition) is 1. The summed E-state index contributed by atoms with van der Waals surface area (Å²) >= 11 is 0. The van der Waals surface area contributed by atoms with Crippen LogP contribution in [-0.4, -0.2) is 9.78 Å². The zero-order chi connectivity index (χ0) is 14.7. The van der Waals surface area contributed by atoms with Gasteiger partial charge in [-0.2, -0.15) is 5.10 Å². The molecule has 3 aromatic rings. The van der Waals surface area contributed by atoms with Gasteiger partial charge < -0.3 is 0 Å². The first-order valence-corrected chi connectivity index (χ1v) is 7.43. The molecule has 2 heteroatoms. The van der Waals surface area contributed by atoms with Crippen molar-refractivity contribution in [1.29, 1.82) is 0 Å². The van der Waals surface area contributed by atoms with Crippen molar-refractivity contribution in [3.05, 3.63) is 66.7 Å². The van der Waals surface area contributed by atoms with Crippen LogP contribution < -0.4 is 0 Å². The Morgan fingerprint density at radius 3 is 2.00 bits per heavy atom. The Morgan fingerprint density at radius 1 is 0.857 bits per heavy atom. The van der Waals surface area contributed by atoms with Gasteiger partial charge in [-0.25, -0.2) is 0 Å². The van der Waals surface area contributed by atoms with Crippen LogP contribution in [0, 0.1) is 5.92 Å². The van der Waals surface area contributed by atoms with Crippen LogP contribution in [0.3, 0.4) is 0 Å². The van der Waals surface area contributed by atoms with Crippen LogP contribution in [0.5, 0.6) is 0 Å². The van der Waals surface area contributed by atoms with Crippen molar-refractivity contribution in [3.8, 4) is 22.5 Å². The van der Waals surface area contributed by atoms with Gasteiger partial charge in [0.25, 0.3) is 0 Å². The molecule has 0 radical (unpaired) electrons. The Hall–Kier alpha value is -2.35. The van der Waals surface area contributed by atoms with Crippen molar-refractivity contribution in [1.82, 2.24) is 9.78 Å². The average molecular weight is 276 g/mol. The molecule has 0 unspecified atom stereocenters. The van der Waals surface area contributed by atoms with Crippen LogP contribution in [0.15, 0.2) is 66.7 Å². The molecule has 21 heavy (non-hydrogen) atoms. The molecule has 1 aromatic heterocycles. The van der Waals surface area contributed by atoms with E-state index in [1.807, 2.05) is 12.1 Å². The van der Waals surface area contributed by atoms with E-state index in [4.69, 9.17) is 5.10 Å². The number of nitrogens with zero attached hydrogens (tertiary/aromatic N) is 2. The summed E-state index contributed by atoms with van der Waals surface area (Å²) in [6, 6.07) is 23.0. The first-order chi connectivity index (χ1) is 10.2. The van der Waals surface area contributed by atoms with Crippen LogP contribution in [0.2, 0.25) is 0 Å². The molecular formula is C19H20N2. The minimum absolute atomic E-state index is 0.566. The van der Waals surface area contributed by atoms with Crippen LogP contribution in [0.4, 0.5) is 0 Å². The molecule has 0 spiro atoms. The highest BCUT2D eigenvalue weighted by molar-refractivity contribution is 5.68. The monoisotopic (exact) mass is 276 g/mol. The Morgan fingerprint density at radius 2 is 1.43 bits per heavy atom. The van der Waals surface area contributed by atoms with E-state index in [2.05, 4.69) is 73.1 Å². The van der Waals surface area contributed by atoms with Crippen LogP contribution >= 0.6 is 0 Å². The predicted molar refractivity (Wildman–Crippen MR) is 87.9 cm³/mol. The molecule has 0 aliphatic rings. The minimum atomic E-state index is 0.566. The molecule has 0 saturated carbocycles. The maximum absolute atomic E-state index is 4.81. The lowest BCUT2D eigenvalue weighted by Crippen LogP contribution is -2.07. The molecule has 0 fully saturated rings. The molecule has 0 N–H and O–H groups in total. The molecule has 0 aliphatic heterocycles. The summed E-state index contributed by atoms with van der Waals surface area (Å²) in [5.74, 6) is 0.566. The summed E-state index contributed by atoms with van der Waals surface area (Å²) in [5, 5.41) is 4.81. The zero-order valence-electron chi connectivity index (χ0n) is 12.5. The molecule has 2 nitrogen and oxygen atoms in total. The quantitative estimate of drug-likeness (QED) is 0.664. The SMILES string of the molecule is CC(C)Cn1nc(-c2ccccc2)cc1-c1ccccc1. The molecule has 0 saturated heterocycles. The van der Waals surface area contributed by atoms with Gasteiger partial charge in [0.05, 0.1) is 11.4 Å². The molecule has 106 valence electrons. The van der Waals surface area contributed by atoms with Gasteiger partial charge in [-0.1, -0.05) is 74.5 Å². The second-order valence-electron chi connectivity index (χ2n) is 5.72. The summed E-state index contributed by atoms with van der Waals surface area (Å²) in [7, 11) is 0. The first kappa shape index (κ1) is 13.6. The summed E-state index contributed by atoms with van der Waals surface area (Å²) < 4.78 is 2.13. The highest BCUT2D eigenvalue weighted by Crippen LogP contribution is 2.26. The topological polar surface area (TPSA) is 17.8 Å². The highest BCUT2D eigenvalue weighted by Gasteiger charge is 2.12. The van der Waals surface area contributed by atoms with Gasteiger partial charge in [-0.05, 0) is 17.5 Å². The van der Waals surface area contributed by atoms with Crippen LogP contribution in [-0.2, 0) is 6.54 Å². The Kier molecular flexibility index (Phi) is 3.87. The number of benzene rings is 2. The van der Waals surface area contributed by atoms with Crippen molar-refractivity contribution in [3.63, 3.8) is 0 Å². The fraction of sp³-hybridized carbons (Fsp3) is 0.211. The van der Waals surface area contributed by atoms with Crippen molar-refractivity contribution in [2.45, 2.75) is 20.4 Å². The van der Waals surface area contributed by atoms with Gasteiger partial charge in [0.1, 0.15) is 0 Å². The zero-order valence-corrected chi connectivity index (χ0v) is 12.5. The van der Waals surface area contributed by atoms with Crippen LogP contribution in [0.1, 0.15) is 13.8 Å². The number of rotatable bonds is 4. The third-order valence-electron chi connectivity index (χ3n) is 3.46. The van der Waals surface area contributed by atoms with Crippen molar-refractivity contribution in [2.24, 2.45) is 5.92 Å². The van der Waals surface area contributed by atoms with Gasteiger partial charge >= 0.3 is 0 Å². The summed E-state index contributed by atoms with van der Waals surface area (Å²) in [6.07, 6.45) is 0. The average Bonchev–Trinajstić information content (AvgIpc) is 2.92. The van der Waals surface area contributed by atoms with Crippen molar-refractivity contribution >= 4 is 0 Å². The van der Waals surface area contributed by atoms with E-state index in [9.17, 15) is 0 Å². The lowest BCUT2D eigenvalue weighted by Gasteiger charge is -2.09. The van der Waals surface area contributed by atoms with E-state index in [1.165, 1.54) is 11.3 Å². The Balaban J connectivity index is 2.07.